The van der Waals surface area contributed by atoms with Gasteiger partial charge >= 0.3 is 0 Å². The second-order valence-electron chi connectivity index (χ2n) is 8.09. The standard InChI is InChI=1S/C24H27N5/c1-18-9-10-20(16-25-18)22-15-23(27-24(26-22)28-12-5-2-6-13-28)29-14-11-19-7-3-4-8-21(19)17-29/h3-4,7-10,15-16H,2,5-6,11-14,17H2,1H3. The second-order valence-corrected chi connectivity index (χ2v) is 8.09. The van der Waals surface area contributed by atoms with Gasteiger partial charge in [-0.1, -0.05) is 24.3 Å². The lowest BCUT2D eigenvalue weighted by Gasteiger charge is -2.32. The van der Waals surface area contributed by atoms with Gasteiger partial charge in [-0.15, -0.1) is 0 Å². The van der Waals surface area contributed by atoms with E-state index in [1.807, 2.05) is 13.1 Å². The summed E-state index contributed by atoms with van der Waals surface area (Å²) in [4.78, 5) is 19.2. The Bertz CT molecular complexity index is 992. The van der Waals surface area contributed by atoms with E-state index >= 15 is 0 Å². The van der Waals surface area contributed by atoms with Gasteiger partial charge in [0.15, 0.2) is 0 Å². The average Bonchev–Trinajstić information content (AvgIpc) is 2.79. The van der Waals surface area contributed by atoms with Crippen molar-refractivity contribution < 1.29 is 0 Å². The number of aromatic nitrogens is 3. The summed E-state index contributed by atoms with van der Waals surface area (Å²) in [6.45, 7) is 5.98. The van der Waals surface area contributed by atoms with Crippen LogP contribution in [0.2, 0.25) is 0 Å². The number of aryl methyl sites for hydroxylation is 1. The minimum atomic E-state index is 0.858. The first-order valence-electron chi connectivity index (χ1n) is 10.6. The topological polar surface area (TPSA) is 45.2 Å². The van der Waals surface area contributed by atoms with Crippen LogP contribution < -0.4 is 9.80 Å². The molecule has 2 aromatic heterocycles. The minimum Gasteiger partial charge on any atom is -0.352 e. The van der Waals surface area contributed by atoms with Crippen molar-refractivity contribution in [1.82, 2.24) is 15.0 Å². The molecule has 0 unspecified atom stereocenters. The third kappa shape index (κ3) is 3.82. The Kier molecular flexibility index (Phi) is 4.88. The molecule has 0 atom stereocenters. The molecule has 148 valence electrons. The SMILES string of the molecule is Cc1ccc(-c2cc(N3CCc4ccccc4C3)nc(N3CCCCC3)n2)cn1. The molecular formula is C24H27N5. The maximum Gasteiger partial charge on any atom is 0.227 e. The quantitative estimate of drug-likeness (QED) is 0.669. The molecule has 29 heavy (non-hydrogen) atoms. The molecule has 0 N–H and O–H groups in total. The van der Waals surface area contributed by atoms with Crippen LogP contribution in [0.4, 0.5) is 11.8 Å². The third-order valence-electron chi connectivity index (χ3n) is 6.00. The van der Waals surface area contributed by atoms with Gasteiger partial charge in [-0.3, -0.25) is 4.98 Å². The molecule has 0 radical (unpaired) electrons. The summed E-state index contributed by atoms with van der Waals surface area (Å²) < 4.78 is 0. The molecule has 4 heterocycles. The van der Waals surface area contributed by atoms with E-state index in [1.165, 1.54) is 30.4 Å². The van der Waals surface area contributed by atoms with E-state index in [1.54, 1.807) is 0 Å². The van der Waals surface area contributed by atoms with E-state index in [0.29, 0.717) is 0 Å². The molecule has 0 amide bonds. The highest BCUT2D eigenvalue weighted by Gasteiger charge is 2.21. The summed E-state index contributed by atoms with van der Waals surface area (Å²) in [5, 5.41) is 0. The van der Waals surface area contributed by atoms with Crippen LogP contribution in [0.1, 0.15) is 36.1 Å². The number of anilines is 2. The Morgan fingerprint density at radius 2 is 1.66 bits per heavy atom. The van der Waals surface area contributed by atoms with E-state index in [4.69, 9.17) is 9.97 Å². The predicted octanol–water partition coefficient (Wildman–Crippen LogP) is 4.40. The van der Waals surface area contributed by atoms with Crippen LogP contribution in [0.25, 0.3) is 11.3 Å². The molecule has 5 nitrogen and oxygen atoms in total. The first kappa shape index (κ1) is 18.1. The molecule has 1 aromatic carbocycles. The van der Waals surface area contributed by atoms with E-state index in [0.717, 1.165) is 61.3 Å². The highest BCUT2D eigenvalue weighted by Crippen LogP contribution is 2.29. The number of rotatable bonds is 3. The molecular weight excluding hydrogens is 358 g/mol. The molecule has 1 fully saturated rings. The van der Waals surface area contributed by atoms with Crippen molar-refractivity contribution in [3.8, 4) is 11.3 Å². The summed E-state index contributed by atoms with van der Waals surface area (Å²) in [6, 6.07) is 15.0. The highest BCUT2D eigenvalue weighted by atomic mass is 15.3. The predicted molar refractivity (Wildman–Crippen MR) is 117 cm³/mol. The second kappa shape index (κ2) is 7.82. The first-order chi connectivity index (χ1) is 14.3. The number of hydrogen-bond acceptors (Lipinski definition) is 5. The van der Waals surface area contributed by atoms with Gasteiger partial charge in [0, 0.05) is 49.7 Å². The van der Waals surface area contributed by atoms with Crippen LogP contribution >= 0.6 is 0 Å². The van der Waals surface area contributed by atoms with Gasteiger partial charge in [-0.05, 0) is 55.9 Å². The Morgan fingerprint density at radius 3 is 2.45 bits per heavy atom. The van der Waals surface area contributed by atoms with Crippen molar-refractivity contribution in [2.75, 3.05) is 29.4 Å². The van der Waals surface area contributed by atoms with Gasteiger partial charge in [-0.25, -0.2) is 4.98 Å². The molecule has 2 aliphatic heterocycles. The fourth-order valence-corrected chi connectivity index (χ4v) is 4.28. The Morgan fingerprint density at radius 1 is 0.828 bits per heavy atom. The van der Waals surface area contributed by atoms with Gasteiger partial charge in [0.2, 0.25) is 5.95 Å². The van der Waals surface area contributed by atoms with E-state index in [-0.39, 0.29) is 0 Å². The first-order valence-corrected chi connectivity index (χ1v) is 10.6. The average molecular weight is 386 g/mol. The summed E-state index contributed by atoms with van der Waals surface area (Å²) in [5.74, 6) is 1.88. The Balaban J connectivity index is 1.53. The van der Waals surface area contributed by atoms with Gasteiger partial charge in [0.1, 0.15) is 5.82 Å². The molecule has 2 aliphatic rings. The largest absolute Gasteiger partial charge is 0.352 e. The van der Waals surface area contributed by atoms with Crippen molar-refractivity contribution in [2.45, 2.75) is 39.2 Å². The molecule has 5 rings (SSSR count). The fourth-order valence-electron chi connectivity index (χ4n) is 4.28. The Hall–Kier alpha value is -2.95. The summed E-state index contributed by atoms with van der Waals surface area (Å²) >= 11 is 0. The zero-order valence-electron chi connectivity index (χ0n) is 17.0. The van der Waals surface area contributed by atoms with Crippen LogP contribution in [-0.2, 0) is 13.0 Å². The molecule has 0 spiro atoms. The smallest absolute Gasteiger partial charge is 0.227 e. The van der Waals surface area contributed by atoms with Crippen LogP contribution in [0.5, 0.6) is 0 Å². The lowest BCUT2D eigenvalue weighted by atomic mass is 10.00. The maximum atomic E-state index is 5.02. The number of piperidine rings is 1. The Labute approximate surface area is 172 Å². The molecule has 0 aliphatic carbocycles. The van der Waals surface area contributed by atoms with Crippen molar-refractivity contribution in [3.05, 3.63) is 65.5 Å². The monoisotopic (exact) mass is 385 g/mol. The zero-order valence-corrected chi connectivity index (χ0v) is 17.0. The third-order valence-corrected chi connectivity index (χ3v) is 6.00. The number of pyridine rings is 1. The van der Waals surface area contributed by atoms with Crippen LogP contribution in [-0.4, -0.2) is 34.6 Å². The molecule has 5 heteroatoms. The highest BCUT2D eigenvalue weighted by molar-refractivity contribution is 5.65. The lowest BCUT2D eigenvalue weighted by Crippen LogP contribution is -2.34. The van der Waals surface area contributed by atoms with Crippen LogP contribution in [0.3, 0.4) is 0 Å². The summed E-state index contributed by atoms with van der Waals surface area (Å²) in [5.41, 5.74) is 5.89. The van der Waals surface area contributed by atoms with Crippen molar-refractivity contribution in [3.63, 3.8) is 0 Å². The lowest BCUT2D eigenvalue weighted by molar-refractivity contribution is 0.567. The molecule has 0 saturated carbocycles. The van der Waals surface area contributed by atoms with Gasteiger partial charge in [-0.2, -0.15) is 4.98 Å². The summed E-state index contributed by atoms with van der Waals surface area (Å²) in [7, 11) is 0. The minimum absolute atomic E-state index is 0.858. The number of fused-ring (bicyclic) bond motifs is 1. The number of hydrogen-bond donors (Lipinski definition) is 0. The van der Waals surface area contributed by atoms with Crippen LogP contribution in [0, 0.1) is 6.92 Å². The maximum absolute atomic E-state index is 5.02. The van der Waals surface area contributed by atoms with Gasteiger partial charge in [0.25, 0.3) is 0 Å². The zero-order chi connectivity index (χ0) is 19.6. The normalized spacial score (nSPS) is 16.6. The van der Waals surface area contributed by atoms with Gasteiger partial charge in [0.05, 0.1) is 5.69 Å². The van der Waals surface area contributed by atoms with Crippen molar-refractivity contribution in [2.24, 2.45) is 0 Å². The number of benzene rings is 1. The van der Waals surface area contributed by atoms with E-state index in [2.05, 4.69) is 57.2 Å². The summed E-state index contributed by atoms with van der Waals surface area (Å²) in [6.07, 6.45) is 6.71. The molecule has 1 saturated heterocycles. The van der Waals surface area contributed by atoms with E-state index in [9.17, 15) is 0 Å². The fraction of sp³-hybridized carbons (Fsp3) is 0.375. The van der Waals surface area contributed by atoms with Gasteiger partial charge < -0.3 is 9.80 Å². The van der Waals surface area contributed by atoms with Crippen LogP contribution in [0.15, 0.2) is 48.7 Å². The van der Waals surface area contributed by atoms with Crippen molar-refractivity contribution >= 4 is 11.8 Å². The molecule has 0 bridgehead atoms. The number of nitrogens with zero attached hydrogens (tertiary/aromatic N) is 5. The molecule has 3 aromatic rings. The van der Waals surface area contributed by atoms with E-state index < -0.39 is 0 Å². The van der Waals surface area contributed by atoms with Crippen molar-refractivity contribution in [1.29, 1.82) is 0 Å².